The zero-order valence-corrected chi connectivity index (χ0v) is 11.8. The third-order valence-corrected chi connectivity index (χ3v) is 3.44. The monoisotopic (exact) mass is 269 g/mol. The van der Waals surface area contributed by atoms with Crippen molar-refractivity contribution in [3.63, 3.8) is 0 Å². The Morgan fingerprint density at radius 3 is 2.80 bits per heavy atom. The highest BCUT2D eigenvalue weighted by Gasteiger charge is 2.14. The predicted octanol–water partition coefficient (Wildman–Crippen LogP) is 2.32. The van der Waals surface area contributed by atoms with Gasteiger partial charge in [-0.1, -0.05) is 6.07 Å². The van der Waals surface area contributed by atoms with E-state index < -0.39 is 0 Å². The summed E-state index contributed by atoms with van der Waals surface area (Å²) < 4.78 is 4.15. The van der Waals surface area contributed by atoms with Crippen LogP contribution in [-0.4, -0.2) is 19.3 Å². The maximum absolute atomic E-state index is 5.71. The SMILES string of the molecule is CC(C)n1c(Cn2cccn2)nc2cc(CN)ccc21. The fraction of sp³-hybridized carbons (Fsp3) is 0.333. The number of benzene rings is 1. The predicted molar refractivity (Wildman–Crippen MR) is 79.3 cm³/mol. The number of nitrogens with two attached hydrogens (primary N) is 1. The Balaban J connectivity index is 2.12. The van der Waals surface area contributed by atoms with Gasteiger partial charge in [-0.2, -0.15) is 5.10 Å². The van der Waals surface area contributed by atoms with Crippen LogP contribution in [-0.2, 0) is 13.1 Å². The van der Waals surface area contributed by atoms with E-state index in [4.69, 9.17) is 10.7 Å². The fourth-order valence-corrected chi connectivity index (χ4v) is 2.55. The van der Waals surface area contributed by atoms with E-state index in [1.165, 1.54) is 0 Å². The summed E-state index contributed by atoms with van der Waals surface area (Å²) in [6.45, 7) is 5.56. The summed E-state index contributed by atoms with van der Waals surface area (Å²) in [5, 5.41) is 4.26. The third kappa shape index (κ3) is 2.20. The largest absolute Gasteiger partial charge is 0.326 e. The van der Waals surface area contributed by atoms with Gasteiger partial charge in [0.15, 0.2) is 0 Å². The third-order valence-electron chi connectivity index (χ3n) is 3.44. The minimum absolute atomic E-state index is 0.356. The van der Waals surface area contributed by atoms with Gasteiger partial charge in [-0.25, -0.2) is 4.98 Å². The molecule has 0 aliphatic rings. The zero-order chi connectivity index (χ0) is 14.1. The van der Waals surface area contributed by atoms with Crippen LogP contribution < -0.4 is 5.73 Å². The van der Waals surface area contributed by atoms with Crippen LogP contribution in [0.15, 0.2) is 36.7 Å². The van der Waals surface area contributed by atoms with E-state index in [9.17, 15) is 0 Å². The van der Waals surface area contributed by atoms with Gasteiger partial charge in [-0.15, -0.1) is 0 Å². The highest BCUT2D eigenvalue weighted by molar-refractivity contribution is 5.77. The fourth-order valence-electron chi connectivity index (χ4n) is 2.55. The first kappa shape index (κ1) is 12.9. The lowest BCUT2D eigenvalue weighted by molar-refractivity contribution is 0.551. The van der Waals surface area contributed by atoms with Gasteiger partial charge in [0.1, 0.15) is 5.82 Å². The van der Waals surface area contributed by atoms with E-state index in [0.29, 0.717) is 19.1 Å². The summed E-state index contributed by atoms with van der Waals surface area (Å²) in [6, 6.07) is 8.53. The first-order valence-electron chi connectivity index (χ1n) is 6.86. The van der Waals surface area contributed by atoms with Gasteiger partial charge in [-0.05, 0) is 37.6 Å². The second kappa shape index (κ2) is 5.09. The highest BCUT2D eigenvalue weighted by Crippen LogP contribution is 2.22. The quantitative estimate of drug-likeness (QED) is 0.790. The molecule has 3 aromatic rings. The molecule has 2 aromatic heterocycles. The molecule has 0 fully saturated rings. The Morgan fingerprint density at radius 2 is 2.15 bits per heavy atom. The van der Waals surface area contributed by atoms with E-state index in [2.05, 4.69) is 41.7 Å². The Labute approximate surface area is 118 Å². The standard InChI is InChI=1S/C15H19N5/c1-11(2)20-14-5-4-12(9-16)8-13(14)18-15(20)10-19-7-3-6-17-19/h3-8,11H,9-10,16H2,1-2H3. The molecule has 0 unspecified atom stereocenters. The average molecular weight is 269 g/mol. The van der Waals surface area contributed by atoms with Crippen molar-refractivity contribution in [3.05, 3.63) is 48.0 Å². The molecule has 5 nitrogen and oxygen atoms in total. The Hall–Kier alpha value is -2.14. The van der Waals surface area contributed by atoms with Crippen molar-refractivity contribution in [1.82, 2.24) is 19.3 Å². The molecule has 5 heteroatoms. The lowest BCUT2D eigenvalue weighted by Crippen LogP contribution is -2.10. The van der Waals surface area contributed by atoms with Crippen molar-refractivity contribution in [1.29, 1.82) is 0 Å². The molecule has 0 saturated carbocycles. The summed E-state index contributed by atoms with van der Waals surface area (Å²) >= 11 is 0. The van der Waals surface area contributed by atoms with E-state index in [1.807, 2.05) is 16.9 Å². The lowest BCUT2D eigenvalue weighted by atomic mass is 10.2. The van der Waals surface area contributed by atoms with Crippen molar-refractivity contribution in [2.75, 3.05) is 0 Å². The van der Waals surface area contributed by atoms with Crippen molar-refractivity contribution in [2.45, 2.75) is 33.0 Å². The Bertz CT molecular complexity index is 709. The molecular weight excluding hydrogens is 250 g/mol. The van der Waals surface area contributed by atoms with Gasteiger partial charge in [0, 0.05) is 25.0 Å². The minimum Gasteiger partial charge on any atom is -0.326 e. The highest BCUT2D eigenvalue weighted by atomic mass is 15.3. The van der Waals surface area contributed by atoms with E-state index in [-0.39, 0.29) is 0 Å². The molecular formula is C15H19N5. The van der Waals surface area contributed by atoms with Crippen LogP contribution in [0.2, 0.25) is 0 Å². The lowest BCUT2D eigenvalue weighted by Gasteiger charge is -2.13. The van der Waals surface area contributed by atoms with Crippen LogP contribution in [0.1, 0.15) is 31.3 Å². The molecule has 0 atom stereocenters. The maximum atomic E-state index is 5.71. The molecule has 2 heterocycles. The summed E-state index contributed by atoms with van der Waals surface area (Å²) in [5.41, 5.74) is 8.97. The molecule has 0 spiro atoms. The van der Waals surface area contributed by atoms with Gasteiger partial charge in [0.2, 0.25) is 0 Å². The molecule has 0 aliphatic heterocycles. The van der Waals surface area contributed by atoms with Crippen LogP contribution >= 0.6 is 0 Å². The normalized spacial score (nSPS) is 11.6. The minimum atomic E-state index is 0.356. The zero-order valence-electron chi connectivity index (χ0n) is 11.8. The van der Waals surface area contributed by atoms with Crippen LogP contribution in [0, 0.1) is 0 Å². The molecule has 1 aromatic carbocycles. The summed E-state index contributed by atoms with van der Waals surface area (Å²) in [7, 11) is 0. The van der Waals surface area contributed by atoms with Crippen molar-refractivity contribution < 1.29 is 0 Å². The van der Waals surface area contributed by atoms with E-state index in [1.54, 1.807) is 6.20 Å². The number of imidazole rings is 1. The average Bonchev–Trinajstić information content (AvgIpc) is 3.04. The molecule has 3 rings (SSSR count). The number of fused-ring (bicyclic) bond motifs is 1. The molecule has 0 aliphatic carbocycles. The summed E-state index contributed by atoms with van der Waals surface area (Å²) in [5.74, 6) is 1.02. The van der Waals surface area contributed by atoms with Gasteiger partial charge in [0.05, 0.1) is 17.6 Å². The van der Waals surface area contributed by atoms with Gasteiger partial charge in [-0.3, -0.25) is 4.68 Å². The second-order valence-electron chi connectivity index (χ2n) is 5.22. The molecule has 0 radical (unpaired) electrons. The smallest absolute Gasteiger partial charge is 0.131 e. The van der Waals surface area contributed by atoms with Crippen LogP contribution in [0.3, 0.4) is 0 Å². The van der Waals surface area contributed by atoms with Gasteiger partial charge >= 0.3 is 0 Å². The first-order valence-corrected chi connectivity index (χ1v) is 6.86. The number of nitrogens with zero attached hydrogens (tertiary/aromatic N) is 4. The number of aromatic nitrogens is 4. The number of hydrogen-bond acceptors (Lipinski definition) is 3. The number of rotatable bonds is 4. The topological polar surface area (TPSA) is 61.7 Å². The first-order chi connectivity index (χ1) is 9.69. The van der Waals surface area contributed by atoms with Crippen LogP contribution in [0.4, 0.5) is 0 Å². The van der Waals surface area contributed by atoms with Gasteiger partial charge < -0.3 is 10.3 Å². The second-order valence-corrected chi connectivity index (χ2v) is 5.22. The molecule has 0 bridgehead atoms. The molecule has 0 saturated heterocycles. The Morgan fingerprint density at radius 1 is 1.30 bits per heavy atom. The van der Waals surface area contributed by atoms with Crippen molar-refractivity contribution in [3.8, 4) is 0 Å². The molecule has 104 valence electrons. The summed E-state index contributed by atoms with van der Waals surface area (Å²) in [6.07, 6.45) is 3.74. The Kier molecular flexibility index (Phi) is 3.28. The molecule has 20 heavy (non-hydrogen) atoms. The molecule has 2 N–H and O–H groups in total. The maximum Gasteiger partial charge on any atom is 0.131 e. The number of hydrogen-bond donors (Lipinski definition) is 1. The van der Waals surface area contributed by atoms with Crippen LogP contribution in [0.5, 0.6) is 0 Å². The van der Waals surface area contributed by atoms with E-state index >= 15 is 0 Å². The van der Waals surface area contributed by atoms with E-state index in [0.717, 1.165) is 22.4 Å². The van der Waals surface area contributed by atoms with Gasteiger partial charge in [0.25, 0.3) is 0 Å². The van der Waals surface area contributed by atoms with Crippen molar-refractivity contribution >= 4 is 11.0 Å². The van der Waals surface area contributed by atoms with Crippen LogP contribution in [0.25, 0.3) is 11.0 Å². The summed E-state index contributed by atoms with van der Waals surface area (Å²) in [4.78, 5) is 4.76. The van der Waals surface area contributed by atoms with Crippen molar-refractivity contribution in [2.24, 2.45) is 5.73 Å². The molecule has 0 amide bonds.